The van der Waals surface area contributed by atoms with Gasteiger partial charge in [0.15, 0.2) is 9.84 Å². The van der Waals surface area contributed by atoms with Crippen LogP contribution in [0.15, 0.2) is 77.7 Å². The Labute approximate surface area is 225 Å². The van der Waals surface area contributed by atoms with Crippen molar-refractivity contribution < 1.29 is 43.9 Å². The molecule has 1 fully saturated rings. The number of hydrogen-bond donors (Lipinski definition) is 0. The lowest BCUT2D eigenvalue weighted by Crippen LogP contribution is -2.55. The van der Waals surface area contributed by atoms with Gasteiger partial charge in [0, 0.05) is 5.56 Å². The summed E-state index contributed by atoms with van der Waals surface area (Å²) in [5, 5.41) is 9.00. The monoisotopic (exact) mass is 585 g/mol. The van der Waals surface area contributed by atoms with E-state index in [0.717, 1.165) is 42.5 Å². The Balaban J connectivity index is 1.79. The van der Waals surface area contributed by atoms with Crippen LogP contribution in [0.1, 0.15) is 47.9 Å². The zero-order chi connectivity index (χ0) is 29.4. The Morgan fingerprint density at radius 2 is 1.43 bits per heavy atom. The van der Waals surface area contributed by atoms with Gasteiger partial charge in [0.2, 0.25) is 0 Å². The van der Waals surface area contributed by atoms with Crippen LogP contribution in [0.3, 0.4) is 0 Å². The van der Waals surface area contributed by atoms with Crippen LogP contribution >= 0.6 is 0 Å². The van der Waals surface area contributed by atoms with Gasteiger partial charge in [0.25, 0.3) is 5.60 Å². The number of sulfone groups is 1. The molecule has 0 heterocycles. The Morgan fingerprint density at radius 3 is 1.95 bits per heavy atom. The molecule has 0 atom stereocenters. The molecule has 0 bridgehead atoms. The van der Waals surface area contributed by atoms with Crippen molar-refractivity contribution in [3.05, 3.63) is 101 Å². The van der Waals surface area contributed by atoms with Crippen molar-refractivity contribution in [1.82, 2.24) is 0 Å². The van der Waals surface area contributed by atoms with Crippen molar-refractivity contribution in [1.29, 1.82) is 5.26 Å². The predicted octanol–water partition coefficient (Wildman–Crippen LogP) is 7.48. The second-order valence-corrected chi connectivity index (χ2v) is 11.8. The van der Waals surface area contributed by atoms with Gasteiger partial charge in [-0.3, -0.25) is 0 Å². The first-order valence-electron chi connectivity index (χ1n) is 12.1. The lowest BCUT2D eigenvalue weighted by molar-refractivity contribution is -0.392. The average Bonchev–Trinajstić information content (AvgIpc) is 3.40. The topological polar surface area (TPSA) is 67.2 Å². The van der Waals surface area contributed by atoms with Crippen LogP contribution in [0, 0.1) is 17.1 Å². The van der Waals surface area contributed by atoms with Crippen molar-refractivity contribution >= 4 is 9.84 Å². The summed E-state index contributed by atoms with van der Waals surface area (Å²) in [6.07, 6.45) is -10.8. The van der Waals surface area contributed by atoms with Gasteiger partial charge in [-0.15, -0.1) is 0 Å². The lowest BCUT2D eigenvalue weighted by Gasteiger charge is -2.38. The first kappa shape index (κ1) is 29.6. The van der Waals surface area contributed by atoms with Crippen LogP contribution in [-0.4, -0.2) is 20.8 Å². The molecule has 0 amide bonds. The van der Waals surface area contributed by atoms with Crippen molar-refractivity contribution in [2.75, 3.05) is 0 Å². The molecule has 0 unspecified atom stereocenters. The molecule has 0 aliphatic heterocycles. The highest BCUT2D eigenvalue weighted by molar-refractivity contribution is 7.92. The Kier molecular flexibility index (Phi) is 7.77. The summed E-state index contributed by atoms with van der Waals surface area (Å²) >= 11 is 0. The second kappa shape index (κ2) is 10.5. The van der Waals surface area contributed by atoms with Gasteiger partial charge in [-0.05, 0) is 60.4 Å². The predicted molar refractivity (Wildman–Crippen MR) is 130 cm³/mol. The molecule has 0 aromatic heterocycles. The van der Waals surface area contributed by atoms with E-state index in [1.54, 1.807) is 6.07 Å². The van der Waals surface area contributed by atoms with Gasteiger partial charge in [-0.2, -0.15) is 31.6 Å². The Bertz CT molecular complexity index is 1490. The molecule has 0 N–H and O–H groups in total. The van der Waals surface area contributed by atoms with Crippen LogP contribution in [0.2, 0.25) is 0 Å². The highest BCUT2D eigenvalue weighted by Crippen LogP contribution is 2.54. The van der Waals surface area contributed by atoms with E-state index in [1.807, 2.05) is 0 Å². The number of halogens is 7. The summed E-state index contributed by atoms with van der Waals surface area (Å²) in [5.74, 6) is -0.668. The van der Waals surface area contributed by atoms with Crippen molar-refractivity contribution in [2.24, 2.45) is 0 Å². The van der Waals surface area contributed by atoms with E-state index in [-0.39, 0.29) is 34.4 Å². The molecule has 12 heteroatoms. The van der Waals surface area contributed by atoms with Crippen molar-refractivity contribution in [2.45, 2.75) is 59.9 Å². The fourth-order valence-corrected chi connectivity index (χ4v) is 7.38. The number of benzene rings is 3. The molecule has 1 saturated carbocycles. The number of alkyl halides is 6. The highest BCUT2D eigenvalue weighted by Gasteiger charge is 2.73. The standard InChI is InChI=1S/C28H22F7NO3S/c29-23-10-12-24(13-11-23)40(37,38)25(14-1-2-15-25)21-6-8-22(9-7-21)26(27(30,31)32,28(33,34)35)39-18-20-5-3-4-19(16-20)17-36/h3-13,16H,1-2,14-15,18H2. The van der Waals surface area contributed by atoms with Crippen molar-refractivity contribution in [3.8, 4) is 6.07 Å². The van der Waals surface area contributed by atoms with E-state index in [9.17, 15) is 39.2 Å². The average molecular weight is 586 g/mol. The van der Waals surface area contributed by atoms with E-state index >= 15 is 0 Å². The summed E-state index contributed by atoms with van der Waals surface area (Å²) < 4.78 is 130. The van der Waals surface area contributed by atoms with Crippen LogP contribution in [0.5, 0.6) is 0 Å². The number of rotatable bonds is 7. The fourth-order valence-electron chi connectivity index (χ4n) is 5.16. The Hall–Kier alpha value is -3.43. The summed E-state index contributed by atoms with van der Waals surface area (Å²) in [6, 6.07) is 13.9. The fraction of sp³-hybridized carbons (Fsp3) is 0.321. The maximum atomic E-state index is 14.3. The van der Waals surface area contributed by atoms with Crippen LogP contribution < -0.4 is 0 Å². The number of ether oxygens (including phenoxy) is 1. The minimum Gasteiger partial charge on any atom is -0.349 e. The smallest absolute Gasteiger partial charge is 0.349 e. The van der Waals surface area contributed by atoms with Gasteiger partial charge >= 0.3 is 12.4 Å². The van der Waals surface area contributed by atoms with E-state index in [0.29, 0.717) is 25.0 Å². The molecule has 4 rings (SSSR count). The largest absolute Gasteiger partial charge is 0.430 e. The molecule has 40 heavy (non-hydrogen) atoms. The van der Waals surface area contributed by atoms with E-state index in [2.05, 4.69) is 4.74 Å². The zero-order valence-corrected chi connectivity index (χ0v) is 21.5. The SMILES string of the molecule is N#Cc1cccc(COC(c2ccc(C3(S(=O)(=O)c4ccc(F)cc4)CCCC3)cc2)(C(F)(F)F)C(F)(F)F)c1. The lowest BCUT2D eigenvalue weighted by atomic mass is 9.88. The maximum Gasteiger partial charge on any atom is 0.430 e. The molecule has 4 nitrogen and oxygen atoms in total. The molecular formula is C28H22F7NO3S. The van der Waals surface area contributed by atoms with Crippen LogP contribution in [-0.2, 0) is 31.5 Å². The van der Waals surface area contributed by atoms with Gasteiger partial charge < -0.3 is 4.74 Å². The molecule has 212 valence electrons. The third-order valence-electron chi connectivity index (χ3n) is 7.18. The molecule has 0 spiro atoms. The molecule has 3 aromatic rings. The van der Waals surface area contributed by atoms with Crippen LogP contribution in [0.25, 0.3) is 0 Å². The van der Waals surface area contributed by atoms with Gasteiger partial charge in [-0.1, -0.05) is 49.2 Å². The number of nitrogens with zero attached hydrogens (tertiary/aromatic N) is 1. The van der Waals surface area contributed by atoms with E-state index < -0.39 is 50.5 Å². The molecule has 1 aliphatic carbocycles. The molecule has 0 saturated heterocycles. The third-order valence-corrected chi connectivity index (χ3v) is 9.74. The molecule has 1 aliphatic rings. The zero-order valence-electron chi connectivity index (χ0n) is 20.7. The second-order valence-electron chi connectivity index (χ2n) is 9.51. The summed E-state index contributed by atoms with van der Waals surface area (Å²) in [5.41, 5.74) is -6.04. The molecular weight excluding hydrogens is 563 g/mol. The number of hydrogen-bond acceptors (Lipinski definition) is 4. The molecule has 3 aromatic carbocycles. The minimum atomic E-state index is -5.95. The van der Waals surface area contributed by atoms with Gasteiger partial charge in [0.05, 0.1) is 23.1 Å². The number of nitriles is 1. The quantitative estimate of drug-likeness (QED) is 0.213. The first-order valence-corrected chi connectivity index (χ1v) is 13.5. The van der Waals surface area contributed by atoms with Gasteiger partial charge in [0.1, 0.15) is 10.6 Å². The summed E-state index contributed by atoms with van der Waals surface area (Å²) in [4.78, 5) is -0.206. The first-order chi connectivity index (χ1) is 18.7. The minimum absolute atomic E-state index is 0.0260. The summed E-state index contributed by atoms with van der Waals surface area (Å²) in [6.45, 7) is -1.11. The van der Waals surface area contributed by atoms with Crippen molar-refractivity contribution in [3.63, 3.8) is 0 Å². The van der Waals surface area contributed by atoms with Gasteiger partial charge in [-0.25, -0.2) is 12.8 Å². The Morgan fingerprint density at radius 1 is 0.850 bits per heavy atom. The van der Waals surface area contributed by atoms with Crippen LogP contribution in [0.4, 0.5) is 30.7 Å². The van der Waals surface area contributed by atoms with E-state index in [4.69, 9.17) is 5.26 Å². The third kappa shape index (κ3) is 4.97. The highest BCUT2D eigenvalue weighted by atomic mass is 32.2. The molecule has 0 radical (unpaired) electrons. The normalized spacial score (nSPS) is 16.1. The van der Waals surface area contributed by atoms with E-state index in [1.165, 1.54) is 18.2 Å². The maximum absolute atomic E-state index is 14.3. The summed E-state index contributed by atoms with van der Waals surface area (Å²) in [7, 11) is -4.20.